The number of methoxy groups -OCH3 is 1. The summed E-state index contributed by atoms with van der Waals surface area (Å²) in [5, 5.41) is 11.7. The monoisotopic (exact) mass is 527 g/mol. The van der Waals surface area contributed by atoms with E-state index in [-0.39, 0.29) is 23.6 Å². The SMILES string of the molecule is COc1ccc(N2C(=O)C(Cc3cccc(C(F)(F)F)c3)S/C2=C(/C#N)C(=O)NCc2ccco2)cc1. The molecule has 1 unspecified atom stereocenters. The first-order valence-corrected chi connectivity index (χ1v) is 11.8. The van der Waals surface area contributed by atoms with E-state index in [1.54, 1.807) is 36.4 Å². The Hall–Kier alpha value is -4.17. The normalized spacial score (nSPS) is 16.9. The van der Waals surface area contributed by atoms with Crippen LogP contribution in [0.15, 0.2) is 81.9 Å². The molecule has 1 aromatic heterocycles. The summed E-state index contributed by atoms with van der Waals surface area (Å²) in [5.41, 5.74) is -0.436. The number of amides is 2. The molecule has 0 aliphatic carbocycles. The summed E-state index contributed by atoms with van der Waals surface area (Å²) in [4.78, 5) is 27.7. The van der Waals surface area contributed by atoms with Gasteiger partial charge in [-0.05, 0) is 54.4 Å². The molecule has 2 aromatic carbocycles. The molecule has 0 saturated carbocycles. The fourth-order valence-corrected chi connectivity index (χ4v) is 5.02. The minimum atomic E-state index is -4.52. The molecule has 4 rings (SSSR count). The number of furan rings is 1. The van der Waals surface area contributed by atoms with E-state index in [0.717, 1.165) is 23.9 Å². The number of rotatable bonds is 7. The van der Waals surface area contributed by atoms with Crippen molar-refractivity contribution in [2.75, 3.05) is 12.0 Å². The fraction of sp³-hybridized carbons (Fsp3) is 0.192. The van der Waals surface area contributed by atoms with E-state index in [4.69, 9.17) is 9.15 Å². The number of ether oxygens (including phenoxy) is 1. The Balaban J connectivity index is 1.68. The number of thioether (sulfide) groups is 1. The van der Waals surface area contributed by atoms with E-state index >= 15 is 0 Å². The first-order valence-electron chi connectivity index (χ1n) is 11.0. The highest BCUT2D eigenvalue weighted by molar-refractivity contribution is 8.05. The Kier molecular flexibility index (Phi) is 7.59. The number of halogens is 3. The van der Waals surface area contributed by atoms with Crippen LogP contribution < -0.4 is 15.0 Å². The van der Waals surface area contributed by atoms with Crippen LogP contribution in [-0.4, -0.2) is 24.2 Å². The molecule has 1 N–H and O–H groups in total. The lowest BCUT2D eigenvalue weighted by Gasteiger charge is -2.19. The predicted octanol–water partition coefficient (Wildman–Crippen LogP) is 5.05. The van der Waals surface area contributed by atoms with Crippen LogP contribution in [0.4, 0.5) is 18.9 Å². The summed E-state index contributed by atoms with van der Waals surface area (Å²) in [7, 11) is 1.49. The van der Waals surface area contributed by atoms with Gasteiger partial charge in [0.2, 0.25) is 5.91 Å². The molecular formula is C26H20F3N3O4S. The maximum Gasteiger partial charge on any atom is 0.416 e. The van der Waals surface area contributed by atoms with Crippen LogP contribution in [0.25, 0.3) is 0 Å². The molecule has 0 radical (unpaired) electrons. The average Bonchev–Trinajstić information content (AvgIpc) is 3.51. The number of nitrogens with one attached hydrogen (secondary N) is 1. The molecule has 1 aliphatic rings. The second kappa shape index (κ2) is 10.8. The first-order chi connectivity index (χ1) is 17.7. The molecule has 2 amide bonds. The molecule has 7 nitrogen and oxygen atoms in total. The molecule has 2 heterocycles. The van der Waals surface area contributed by atoms with Gasteiger partial charge in [0.05, 0.1) is 30.7 Å². The molecule has 1 atom stereocenters. The number of nitriles is 1. The van der Waals surface area contributed by atoms with Crippen molar-refractivity contribution >= 4 is 29.3 Å². The predicted molar refractivity (Wildman–Crippen MR) is 130 cm³/mol. The maximum atomic E-state index is 13.5. The zero-order valence-electron chi connectivity index (χ0n) is 19.4. The first kappa shape index (κ1) is 25.9. The van der Waals surface area contributed by atoms with Gasteiger partial charge in [-0.3, -0.25) is 14.5 Å². The Morgan fingerprint density at radius 2 is 1.95 bits per heavy atom. The zero-order chi connectivity index (χ0) is 26.6. The van der Waals surface area contributed by atoms with Gasteiger partial charge in [0.15, 0.2) is 0 Å². The third-order valence-corrected chi connectivity index (χ3v) is 6.78. The van der Waals surface area contributed by atoms with Crippen LogP contribution >= 0.6 is 11.8 Å². The van der Waals surface area contributed by atoms with Gasteiger partial charge in [-0.15, -0.1) is 0 Å². The van der Waals surface area contributed by atoms with Crippen LogP contribution in [0.1, 0.15) is 16.9 Å². The number of benzene rings is 2. The smallest absolute Gasteiger partial charge is 0.416 e. The van der Waals surface area contributed by atoms with Crippen molar-refractivity contribution in [1.29, 1.82) is 5.26 Å². The van der Waals surface area contributed by atoms with Gasteiger partial charge in [0.1, 0.15) is 28.2 Å². The lowest BCUT2D eigenvalue weighted by molar-refractivity contribution is -0.137. The molecule has 190 valence electrons. The van der Waals surface area contributed by atoms with Crippen LogP contribution in [0, 0.1) is 11.3 Å². The maximum absolute atomic E-state index is 13.5. The summed E-state index contributed by atoms with van der Waals surface area (Å²) in [6.07, 6.45) is -3.11. The summed E-state index contributed by atoms with van der Waals surface area (Å²) in [6, 6.07) is 16.4. The number of alkyl halides is 3. The van der Waals surface area contributed by atoms with Crippen molar-refractivity contribution in [1.82, 2.24) is 5.32 Å². The molecule has 1 fully saturated rings. The van der Waals surface area contributed by atoms with E-state index in [1.807, 2.05) is 6.07 Å². The summed E-state index contributed by atoms with van der Waals surface area (Å²) in [6.45, 7) is 0.0269. The lowest BCUT2D eigenvalue weighted by Crippen LogP contribution is -2.32. The van der Waals surface area contributed by atoms with Gasteiger partial charge in [-0.25, -0.2) is 0 Å². The molecule has 11 heteroatoms. The van der Waals surface area contributed by atoms with E-state index in [9.17, 15) is 28.0 Å². The van der Waals surface area contributed by atoms with E-state index in [0.29, 0.717) is 22.8 Å². The van der Waals surface area contributed by atoms with Crippen LogP contribution in [0.5, 0.6) is 5.75 Å². The highest BCUT2D eigenvalue weighted by atomic mass is 32.2. The van der Waals surface area contributed by atoms with Crippen molar-refractivity contribution in [2.24, 2.45) is 0 Å². The number of hydrogen-bond acceptors (Lipinski definition) is 6. The summed E-state index contributed by atoms with van der Waals surface area (Å²) < 4.78 is 49.9. The largest absolute Gasteiger partial charge is 0.497 e. The minimum Gasteiger partial charge on any atom is -0.497 e. The Morgan fingerprint density at radius 3 is 2.57 bits per heavy atom. The second-order valence-corrected chi connectivity index (χ2v) is 9.13. The van der Waals surface area contributed by atoms with Gasteiger partial charge in [-0.2, -0.15) is 18.4 Å². The van der Waals surface area contributed by atoms with Crippen molar-refractivity contribution in [3.05, 3.63) is 94.4 Å². The van der Waals surface area contributed by atoms with Gasteiger partial charge in [0.25, 0.3) is 5.91 Å². The van der Waals surface area contributed by atoms with Crippen molar-refractivity contribution in [3.8, 4) is 11.8 Å². The van der Waals surface area contributed by atoms with E-state index < -0.39 is 28.8 Å². The lowest BCUT2D eigenvalue weighted by atomic mass is 10.1. The molecule has 1 saturated heterocycles. The third kappa shape index (κ3) is 5.81. The molecule has 1 aliphatic heterocycles. The number of nitrogens with zero attached hydrogens (tertiary/aromatic N) is 2. The zero-order valence-corrected chi connectivity index (χ0v) is 20.2. The van der Waals surface area contributed by atoms with Gasteiger partial charge in [0, 0.05) is 5.69 Å². The number of carbonyl (C=O) groups is 2. The van der Waals surface area contributed by atoms with Gasteiger partial charge < -0.3 is 14.5 Å². The standard InChI is InChI=1S/C26H20F3N3O4S/c1-35-19-9-7-18(8-10-19)32-24(34)22(13-16-4-2-5-17(12-16)26(27,28)29)37-25(32)21(14-30)23(33)31-15-20-6-3-11-36-20/h2-12,22H,13,15H2,1H3,(H,31,33)/b25-21-. The molecule has 3 aromatic rings. The highest BCUT2D eigenvalue weighted by Gasteiger charge is 2.41. The average molecular weight is 528 g/mol. The minimum absolute atomic E-state index is 0.0269. The van der Waals surface area contributed by atoms with Crippen LogP contribution in [0.3, 0.4) is 0 Å². The topological polar surface area (TPSA) is 95.6 Å². The molecule has 37 heavy (non-hydrogen) atoms. The van der Waals surface area contributed by atoms with Gasteiger partial charge in [-0.1, -0.05) is 30.0 Å². The van der Waals surface area contributed by atoms with Gasteiger partial charge >= 0.3 is 6.18 Å². The Labute approximate surface area is 214 Å². The molecule has 0 spiro atoms. The number of hydrogen-bond donors (Lipinski definition) is 1. The molecule has 0 bridgehead atoms. The van der Waals surface area contributed by atoms with Crippen LogP contribution in [-0.2, 0) is 28.7 Å². The number of carbonyl (C=O) groups excluding carboxylic acids is 2. The summed E-state index contributed by atoms with van der Waals surface area (Å²) >= 11 is 0.961. The van der Waals surface area contributed by atoms with Crippen molar-refractivity contribution < 1.29 is 31.9 Å². The van der Waals surface area contributed by atoms with Crippen LogP contribution in [0.2, 0.25) is 0 Å². The molecular weight excluding hydrogens is 507 g/mol. The second-order valence-electron chi connectivity index (χ2n) is 7.93. The summed E-state index contributed by atoms with van der Waals surface area (Å²) in [5.74, 6) is -0.174. The Bertz CT molecular complexity index is 1360. The van der Waals surface area contributed by atoms with E-state index in [1.165, 1.54) is 30.4 Å². The Morgan fingerprint density at radius 1 is 1.19 bits per heavy atom. The van der Waals surface area contributed by atoms with Crippen molar-refractivity contribution in [2.45, 2.75) is 24.4 Å². The number of anilines is 1. The quantitative estimate of drug-likeness (QED) is 0.341. The third-order valence-electron chi connectivity index (χ3n) is 5.51. The fourth-order valence-electron chi connectivity index (χ4n) is 3.71. The van der Waals surface area contributed by atoms with E-state index in [2.05, 4.69) is 5.32 Å². The highest BCUT2D eigenvalue weighted by Crippen LogP contribution is 2.42. The van der Waals surface area contributed by atoms with Crippen molar-refractivity contribution in [3.63, 3.8) is 0 Å².